The van der Waals surface area contributed by atoms with Gasteiger partial charge in [0.25, 0.3) is 6.02 Å². The van der Waals surface area contributed by atoms with Crippen LogP contribution < -0.4 is 5.32 Å². The van der Waals surface area contributed by atoms with E-state index in [9.17, 15) is 0 Å². The Labute approximate surface area is 135 Å². The molecule has 2 aromatic rings. The lowest BCUT2D eigenvalue weighted by atomic mass is 9.87. The van der Waals surface area contributed by atoms with Gasteiger partial charge in [-0.15, -0.1) is 0 Å². The summed E-state index contributed by atoms with van der Waals surface area (Å²) in [5.41, 5.74) is -0.102. The van der Waals surface area contributed by atoms with E-state index in [2.05, 4.69) is 32.3 Å². The minimum Gasteiger partial charge on any atom is -0.455 e. The number of hydrogen-bond acceptors (Lipinski definition) is 5. The van der Waals surface area contributed by atoms with Gasteiger partial charge in [-0.05, 0) is 30.8 Å². The van der Waals surface area contributed by atoms with Crippen LogP contribution in [0.15, 0.2) is 41.5 Å². The van der Waals surface area contributed by atoms with Gasteiger partial charge >= 0.3 is 0 Å². The molecule has 118 valence electrons. The molecule has 3 aliphatic rings. The van der Waals surface area contributed by atoms with E-state index in [1.54, 1.807) is 0 Å². The Bertz CT molecular complexity index is 789. The number of pyridine rings is 1. The fourth-order valence-corrected chi connectivity index (χ4v) is 4.22. The molecule has 2 fully saturated rings. The van der Waals surface area contributed by atoms with Gasteiger partial charge in [-0.3, -0.25) is 10.2 Å². The van der Waals surface area contributed by atoms with Crippen molar-refractivity contribution in [1.82, 2.24) is 9.88 Å². The Morgan fingerprint density at radius 2 is 2.17 bits per heavy atom. The number of rotatable bonds is 1. The summed E-state index contributed by atoms with van der Waals surface area (Å²) in [5.74, 6) is 1.41. The van der Waals surface area contributed by atoms with E-state index < -0.39 is 0 Å². The fourth-order valence-electron chi connectivity index (χ4n) is 4.22. The molecule has 5 nitrogen and oxygen atoms in total. The van der Waals surface area contributed by atoms with Gasteiger partial charge in [0.1, 0.15) is 11.4 Å². The van der Waals surface area contributed by atoms with Crippen LogP contribution in [0.1, 0.15) is 12.8 Å². The zero-order valence-corrected chi connectivity index (χ0v) is 13.0. The topological polar surface area (TPSA) is 49.8 Å². The second-order valence-electron chi connectivity index (χ2n) is 6.90. The lowest BCUT2D eigenvalue weighted by molar-refractivity contribution is 0.0588. The molecule has 1 N–H and O–H groups in total. The Kier molecular flexibility index (Phi) is 2.85. The molecule has 5 heteroatoms. The van der Waals surface area contributed by atoms with Crippen molar-refractivity contribution < 1.29 is 4.74 Å². The third kappa shape index (κ3) is 2.18. The van der Waals surface area contributed by atoms with Crippen LogP contribution in [0.5, 0.6) is 0 Å². The maximum absolute atomic E-state index is 6.30. The summed E-state index contributed by atoms with van der Waals surface area (Å²) in [4.78, 5) is 11.6. The predicted octanol–water partition coefficient (Wildman–Crippen LogP) is 2.50. The molecule has 2 bridgehead atoms. The van der Waals surface area contributed by atoms with Crippen LogP contribution in [0, 0.1) is 5.92 Å². The van der Waals surface area contributed by atoms with Crippen LogP contribution in [0.2, 0.25) is 0 Å². The van der Waals surface area contributed by atoms with Crippen LogP contribution in [0.3, 0.4) is 0 Å². The first-order valence-corrected chi connectivity index (χ1v) is 8.38. The number of aliphatic imine (C=N–C) groups is 1. The van der Waals surface area contributed by atoms with Crippen LogP contribution in [0.25, 0.3) is 10.8 Å². The van der Waals surface area contributed by atoms with Crippen LogP contribution in [-0.2, 0) is 4.74 Å². The summed E-state index contributed by atoms with van der Waals surface area (Å²) in [6.45, 7) is 4.15. The zero-order valence-electron chi connectivity index (χ0n) is 13.0. The lowest BCUT2D eigenvalue weighted by Crippen LogP contribution is -2.41. The highest BCUT2D eigenvalue weighted by molar-refractivity contribution is 5.92. The first-order chi connectivity index (χ1) is 11.3. The number of anilines is 1. The van der Waals surface area contributed by atoms with E-state index in [1.807, 2.05) is 24.4 Å². The highest BCUT2D eigenvalue weighted by atomic mass is 16.5. The van der Waals surface area contributed by atoms with E-state index in [4.69, 9.17) is 4.74 Å². The second-order valence-corrected chi connectivity index (χ2v) is 6.90. The number of hydrogen-bond donors (Lipinski definition) is 1. The number of aromatic nitrogens is 1. The molecular weight excluding hydrogens is 288 g/mol. The third-order valence-corrected chi connectivity index (χ3v) is 5.40. The molecule has 3 aliphatic heterocycles. The predicted molar refractivity (Wildman–Crippen MR) is 90.6 cm³/mol. The molecule has 0 amide bonds. The first kappa shape index (κ1) is 13.3. The smallest absolute Gasteiger partial charge is 0.291 e. The summed E-state index contributed by atoms with van der Waals surface area (Å²) in [6.07, 6.45) is 4.43. The minimum absolute atomic E-state index is 0.102. The minimum atomic E-state index is -0.102. The SMILES string of the molecule is c1ccc2cc(NC3=NCC4(CN5CCCC4C5)O3)ncc2c1. The molecule has 1 spiro atoms. The quantitative estimate of drug-likeness (QED) is 0.879. The number of piperidine rings is 1. The number of fused-ring (bicyclic) bond motifs is 4. The van der Waals surface area contributed by atoms with E-state index in [0.717, 1.165) is 30.8 Å². The summed E-state index contributed by atoms with van der Waals surface area (Å²) >= 11 is 0. The van der Waals surface area contributed by atoms with Crippen molar-refractivity contribution in [2.75, 3.05) is 31.5 Å². The van der Waals surface area contributed by atoms with Crippen molar-refractivity contribution in [3.05, 3.63) is 36.5 Å². The second kappa shape index (κ2) is 4.93. The van der Waals surface area contributed by atoms with Gasteiger partial charge in [-0.25, -0.2) is 9.98 Å². The maximum Gasteiger partial charge on any atom is 0.291 e. The van der Waals surface area contributed by atoms with Crippen LogP contribution in [0.4, 0.5) is 5.82 Å². The third-order valence-electron chi connectivity index (χ3n) is 5.40. The molecular formula is C18H20N4O. The van der Waals surface area contributed by atoms with Gasteiger partial charge in [0.15, 0.2) is 0 Å². The standard InChI is InChI=1S/C18H20N4O/c1-2-5-14-9-19-16(8-13(14)4-1)21-17-20-11-18(23-17)12-22-7-3-6-15(18)10-22/h1-2,4-5,8-9,15H,3,6-7,10-12H2,(H,19,20,21). The van der Waals surface area contributed by atoms with E-state index >= 15 is 0 Å². The van der Waals surface area contributed by atoms with Gasteiger partial charge < -0.3 is 4.74 Å². The number of ether oxygens (including phenoxy) is 1. The van der Waals surface area contributed by atoms with Crippen molar-refractivity contribution in [2.24, 2.45) is 10.9 Å². The number of benzene rings is 1. The molecule has 0 saturated carbocycles. The number of amidine groups is 1. The molecule has 1 aromatic heterocycles. The molecule has 4 heterocycles. The molecule has 5 rings (SSSR count). The van der Waals surface area contributed by atoms with Crippen molar-refractivity contribution in [3.63, 3.8) is 0 Å². The highest BCUT2D eigenvalue weighted by Gasteiger charge is 2.52. The van der Waals surface area contributed by atoms with Crippen molar-refractivity contribution in [3.8, 4) is 0 Å². The normalized spacial score (nSPS) is 32.1. The van der Waals surface area contributed by atoms with Gasteiger partial charge in [0.2, 0.25) is 0 Å². The van der Waals surface area contributed by atoms with E-state index in [-0.39, 0.29) is 5.60 Å². The Morgan fingerprint density at radius 3 is 3.09 bits per heavy atom. The summed E-state index contributed by atoms with van der Waals surface area (Å²) in [7, 11) is 0. The molecule has 3 unspecified atom stereocenters. The largest absolute Gasteiger partial charge is 0.455 e. The molecule has 0 aliphatic carbocycles. The first-order valence-electron chi connectivity index (χ1n) is 8.38. The summed E-state index contributed by atoms with van der Waals surface area (Å²) < 4.78 is 6.30. The van der Waals surface area contributed by atoms with Gasteiger partial charge in [0.05, 0.1) is 6.54 Å². The Morgan fingerprint density at radius 1 is 1.26 bits per heavy atom. The monoisotopic (exact) mass is 308 g/mol. The summed E-state index contributed by atoms with van der Waals surface area (Å²) in [6, 6.07) is 10.9. The van der Waals surface area contributed by atoms with Crippen molar-refractivity contribution in [1.29, 1.82) is 0 Å². The van der Waals surface area contributed by atoms with E-state index in [1.165, 1.54) is 24.8 Å². The van der Waals surface area contributed by atoms with Gasteiger partial charge in [-0.2, -0.15) is 0 Å². The average Bonchev–Trinajstić information content (AvgIpc) is 3.08. The van der Waals surface area contributed by atoms with Gasteiger partial charge in [-0.1, -0.05) is 24.3 Å². The van der Waals surface area contributed by atoms with Crippen LogP contribution >= 0.6 is 0 Å². The van der Waals surface area contributed by atoms with Crippen molar-refractivity contribution >= 4 is 22.6 Å². The summed E-state index contributed by atoms with van der Waals surface area (Å²) in [5, 5.41) is 5.57. The van der Waals surface area contributed by atoms with Gasteiger partial charge in [0, 0.05) is 30.6 Å². The molecule has 3 atom stereocenters. The Hall–Kier alpha value is -2.14. The Balaban J connectivity index is 1.35. The number of nitrogens with one attached hydrogen (secondary N) is 1. The number of nitrogens with zero attached hydrogens (tertiary/aromatic N) is 3. The molecule has 0 radical (unpaired) electrons. The lowest BCUT2D eigenvalue weighted by Gasteiger charge is -2.28. The molecule has 23 heavy (non-hydrogen) atoms. The zero-order chi connectivity index (χ0) is 15.3. The molecule has 2 saturated heterocycles. The average molecular weight is 308 g/mol. The fraction of sp³-hybridized carbons (Fsp3) is 0.444. The van der Waals surface area contributed by atoms with Crippen LogP contribution in [-0.4, -0.2) is 47.7 Å². The highest BCUT2D eigenvalue weighted by Crippen LogP contribution is 2.40. The van der Waals surface area contributed by atoms with Crippen molar-refractivity contribution in [2.45, 2.75) is 18.4 Å². The molecule has 1 aromatic carbocycles. The maximum atomic E-state index is 6.30. The van der Waals surface area contributed by atoms with E-state index in [0.29, 0.717) is 11.9 Å².